The fraction of sp³-hybridized carbons (Fsp3) is 0.417. The van der Waals surface area contributed by atoms with Crippen molar-refractivity contribution >= 4 is 54.5 Å². The van der Waals surface area contributed by atoms with E-state index in [0.29, 0.717) is 6.04 Å². The SMILES string of the molecule is CCC1CCSC(Nc2cc(Br)ccc2Br)=N1. The fourth-order valence-corrected chi connectivity index (χ4v) is 3.33. The summed E-state index contributed by atoms with van der Waals surface area (Å²) < 4.78 is 2.12. The van der Waals surface area contributed by atoms with Crippen molar-refractivity contribution in [3.05, 3.63) is 27.1 Å². The maximum absolute atomic E-state index is 4.70. The van der Waals surface area contributed by atoms with Gasteiger partial charge in [-0.2, -0.15) is 0 Å². The second-order valence-corrected chi connectivity index (χ2v) is 6.74. The largest absolute Gasteiger partial charge is 0.334 e. The van der Waals surface area contributed by atoms with Gasteiger partial charge in [0.1, 0.15) is 0 Å². The molecule has 0 saturated heterocycles. The molecule has 0 fully saturated rings. The standard InChI is InChI=1S/C12H14Br2N2S/c1-2-9-5-6-17-12(15-9)16-11-7-8(13)3-4-10(11)14/h3-4,7,9H,2,5-6H2,1H3,(H,15,16). The molecule has 0 amide bonds. The van der Waals surface area contributed by atoms with Gasteiger partial charge in [-0.25, -0.2) is 0 Å². The van der Waals surface area contributed by atoms with Gasteiger partial charge in [0.2, 0.25) is 0 Å². The molecule has 1 unspecified atom stereocenters. The van der Waals surface area contributed by atoms with Gasteiger partial charge >= 0.3 is 0 Å². The molecule has 1 aromatic rings. The van der Waals surface area contributed by atoms with Crippen LogP contribution in [0, 0.1) is 0 Å². The first-order chi connectivity index (χ1) is 8.19. The molecule has 0 saturated carbocycles. The number of rotatable bonds is 2. The lowest BCUT2D eigenvalue weighted by atomic mass is 10.2. The van der Waals surface area contributed by atoms with E-state index in [1.807, 2.05) is 12.1 Å². The van der Waals surface area contributed by atoms with Crippen molar-refractivity contribution in [2.45, 2.75) is 25.8 Å². The molecule has 2 nitrogen and oxygen atoms in total. The molecule has 0 bridgehead atoms. The van der Waals surface area contributed by atoms with Gasteiger partial charge in [-0.3, -0.25) is 4.99 Å². The van der Waals surface area contributed by atoms with Gasteiger partial charge in [-0.05, 0) is 47.0 Å². The Hall–Kier alpha value is -0.000000000000000111. The number of nitrogens with one attached hydrogen (secondary N) is 1. The van der Waals surface area contributed by atoms with E-state index in [1.54, 1.807) is 11.8 Å². The molecule has 1 aliphatic rings. The van der Waals surface area contributed by atoms with E-state index >= 15 is 0 Å². The van der Waals surface area contributed by atoms with Crippen molar-refractivity contribution in [2.75, 3.05) is 11.1 Å². The molecule has 0 aliphatic carbocycles. The van der Waals surface area contributed by atoms with Gasteiger partial charge in [-0.1, -0.05) is 34.6 Å². The Kier molecular flexibility index (Phi) is 4.94. The molecule has 92 valence electrons. The maximum atomic E-state index is 4.70. The molecule has 1 atom stereocenters. The molecule has 1 heterocycles. The Morgan fingerprint density at radius 2 is 2.29 bits per heavy atom. The van der Waals surface area contributed by atoms with Gasteiger partial charge in [0.25, 0.3) is 0 Å². The van der Waals surface area contributed by atoms with E-state index in [1.165, 1.54) is 6.42 Å². The average Bonchev–Trinajstić information content (AvgIpc) is 2.34. The minimum Gasteiger partial charge on any atom is -0.334 e. The minimum atomic E-state index is 0.477. The lowest BCUT2D eigenvalue weighted by Gasteiger charge is -2.20. The monoisotopic (exact) mass is 376 g/mol. The number of halogens is 2. The van der Waals surface area contributed by atoms with Crippen LogP contribution in [0.25, 0.3) is 0 Å². The van der Waals surface area contributed by atoms with Gasteiger partial charge in [0, 0.05) is 14.7 Å². The topological polar surface area (TPSA) is 24.4 Å². The number of anilines is 1. The predicted octanol–water partition coefficient (Wildman–Crippen LogP) is 4.90. The molecule has 1 aliphatic heterocycles. The molecule has 0 radical (unpaired) electrons. The summed E-state index contributed by atoms with van der Waals surface area (Å²) in [4.78, 5) is 4.70. The second-order valence-electron chi connectivity index (χ2n) is 3.88. The molecular formula is C12H14Br2N2S. The highest BCUT2D eigenvalue weighted by Crippen LogP contribution is 2.28. The summed E-state index contributed by atoms with van der Waals surface area (Å²) >= 11 is 8.82. The molecular weight excluding hydrogens is 364 g/mol. The zero-order valence-corrected chi connectivity index (χ0v) is 13.5. The van der Waals surface area contributed by atoms with Crippen LogP contribution in [-0.2, 0) is 0 Å². The van der Waals surface area contributed by atoms with Crippen molar-refractivity contribution in [1.29, 1.82) is 0 Å². The molecule has 0 aromatic heterocycles. The van der Waals surface area contributed by atoms with E-state index in [9.17, 15) is 0 Å². The fourth-order valence-electron chi connectivity index (χ4n) is 1.63. The van der Waals surface area contributed by atoms with Crippen LogP contribution in [0.2, 0.25) is 0 Å². The first kappa shape index (κ1) is 13.4. The first-order valence-corrected chi connectivity index (χ1v) is 8.19. The highest BCUT2D eigenvalue weighted by molar-refractivity contribution is 9.11. The third-order valence-corrected chi connectivity index (χ3v) is 4.74. The first-order valence-electron chi connectivity index (χ1n) is 5.61. The molecule has 17 heavy (non-hydrogen) atoms. The summed E-state index contributed by atoms with van der Waals surface area (Å²) in [5.74, 6) is 1.15. The van der Waals surface area contributed by atoms with Crippen LogP contribution in [0.4, 0.5) is 5.69 Å². The molecule has 1 aromatic carbocycles. The van der Waals surface area contributed by atoms with Crippen LogP contribution in [0.5, 0.6) is 0 Å². The van der Waals surface area contributed by atoms with E-state index in [0.717, 1.165) is 32.0 Å². The molecule has 5 heteroatoms. The van der Waals surface area contributed by atoms with Crippen LogP contribution in [0.1, 0.15) is 19.8 Å². The number of amidine groups is 1. The van der Waals surface area contributed by atoms with E-state index in [2.05, 4.69) is 50.2 Å². The Labute approximate surface area is 123 Å². The summed E-state index contributed by atoms with van der Waals surface area (Å²) in [7, 11) is 0. The molecule has 2 rings (SSSR count). The third-order valence-electron chi connectivity index (χ3n) is 2.63. The van der Waals surface area contributed by atoms with Crippen molar-refractivity contribution in [3.8, 4) is 0 Å². The zero-order chi connectivity index (χ0) is 12.3. The molecule has 0 spiro atoms. The normalized spacial score (nSPS) is 19.9. The Morgan fingerprint density at radius 3 is 3.06 bits per heavy atom. The number of nitrogens with zero attached hydrogens (tertiary/aromatic N) is 1. The van der Waals surface area contributed by atoms with Crippen LogP contribution in [0.3, 0.4) is 0 Å². The number of aliphatic imine (C=N–C) groups is 1. The Balaban J connectivity index is 2.15. The van der Waals surface area contributed by atoms with Crippen molar-refractivity contribution in [3.63, 3.8) is 0 Å². The van der Waals surface area contributed by atoms with Crippen molar-refractivity contribution in [1.82, 2.24) is 0 Å². The summed E-state index contributed by atoms with van der Waals surface area (Å²) in [6.45, 7) is 2.19. The number of thioether (sulfide) groups is 1. The average molecular weight is 378 g/mol. The maximum Gasteiger partial charge on any atom is 0.161 e. The lowest BCUT2D eigenvalue weighted by molar-refractivity contribution is 0.634. The predicted molar refractivity (Wildman–Crippen MR) is 84.1 cm³/mol. The third kappa shape index (κ3) is 3.73. The zero-order valence-electron chi connectivity index (χ0n) is 9.54. The smallest absolute Gasteiger partial charge is 0.161 e. The van der Waals surface area contributed by atoms with Crippen LogP contribution >= 0.6 is 43.6 Å². The molecule has 1 N–H and O–H groups in total. The highest BCUT2D eigenvalue weighted by Gasteiger charge is 2.14. The van der Waals surface area contributed by atoms with Crippen molar-refractivity contribution < 1.29 is 0 Å². The summed E-state index contributed by atoms with van der Waals surface area (Å²) in [5.41, 5.74) is 1.06. The quantitative estimate of drug-likeness (QED) is 0.792. The van der Waals surface area contributed by atoms with Gasteiger partial charge in [0.05, 0.1) is 11.7 Å². The van der Waals surface area contributed by atoms with E-state index in [4.69, 9.17) is 4.99 Å². The summed E-state index contributed by atoms with van der Waals surface area (Å²) in [5, 5.41) is 4.42. The number of benzene rings is 1. The second kappa shape index (κ2) is 6.25. The lowest BCUT2D eigenvalue weighted by Crippen LogP contribution is -2.19. The van der Waals surface area contributed by atoms with E-state index in [-0.39, 0.29) is 0 Å². The summed E-state index contributed by atoms with van der Waals surface area (Å²) in [6, 6.07) is 6.57. The van der Waals surface area contributed by atoms with Crippen LogP contribution in [0.15, 0.2) is 32.1 Å². The number of hydrogen-bond donors (Lipinski definition) is 1. The highest BCUT2D eigenvalue weighted by atomic mass is 79.9. The van der Waals surface area contributed by atoms with Crippen LogP contribution < -0.4 is 5.32 Å². The van der Waals surface area contributed by atoms with Gasteiger partial charge in [0.15, 0.2) is 5.17 Å². The number of hydrogen-bond acceptors (Lipinski definition) is 3. The van der Waals surface area contributed by atoms with Crippen LogP contribution in [-0.4, -0.2) is 17.0 Å². The van der Waals surface area contributed by atoms with Gasteiger partial charge in [-0.15, -0.1) is 0 Å². The van der Waals surface area contributed by atoms with Crippen molar-refractivity contribution in [2.24, 2.45) is 4.99 Å². The minimum absolute atomic E-state index is 0.477. The Bertz CT molecular complexity index is 435. The van der Waals surface area contributed by atoms with Gasteiger partial charge < -0.3 is 5.32 Å². The summed E-state index contributed by atoms with van der Waals surface area (Å²) in [6.07, 6.45) is 2.30. The van der Waals surface area contributed by atoms with E-state index < -0.39 is 0 Å². The Morgan fingerprint density at radius 1 is 1.47 bits per heavy atom.